The van der Waals surface area contributed by atoms with E-state index in [9.17, 15) is 5.11 Å². The Kier molecular flexibility index (Phi) is 2.85. The van der Waals surface area contributed by atoms with Crippen molar-refractivity contribution >= 4 is 11.6 Å². The molecule has 3 rings (SSSR count). The normalized spacial score (nSPS) is 10.6. The van der Waals surface area contributed by atoms with Gasteiger partial charge in [-0.05, 0) is 24.3 Å². The Morgan fingerprint density at radius 2 is 1.89 bits per heavy atom. The van der Waals surface area contributed by atoms with Crippen molar-refractivity contribution in [3.05, 3.63) is 41.7 Å². The van der Waals surface area contributed by atoms with Gasteiger partial charge in [0.05, 0.1) is 5.56 Å². The van der Waals surface area contributed by atoms with E-state index < -0.39 is 0 Å². The number of phenols is 1. The molecule has 2 aromatic heterocycles. The van der Waals surface area contributed by atoms with Gasteiger partial charge in [0, 0.05) is 17.4 Å². The number of phenolic OH excluding ortho intramolecular Hbond substituents is 1. The highest BCUT2D eigenvalue weighted by atomic mass is 35.5. The number of aromatic amines is 1. The molecule has 0 aliphatic heterocycles. The van der Waals surface area contributed by atoms with Crippen LogP contribution in [0.1, 0.15) is 0 Å². The molecule has 0 radical (unpaired) electrons. The molecule has 0 amide bonds. The quantitative estimate of drug-likeness (QED) is 0.748. The number of hydrogen-bond acceptors (Lipinski definition) is 5. The second kappa shape index (κ2) is 4.66. The maximum absolute atomic E-state index is 9.79. The van der Waals surface area contributed by atoms with Crippen LogP contribution in [-0.2, 0) is 0 Å². The van der Waals surface area contributed by atoms with Crippen molar-refractivity contribution in [3.63, 3.8) is 0 Å². The molecule has 0 bridgehead atoms. The van der Waals surface area contributed by atoms with Gasteiger partial charge in [0.15, 0.2) is 11.6 Å². The number of rotatable bonds is 2. The lowest BCUT2D eigenvalue weighted by molar-refractivity contribution is 0.477. The molecular formula is C12H8ClN5O. The Bertz CT molecular complexity index is 713. The maximum atomic E-state index is 9.79. The number of aromatic hydroxyl groups is 1. The summed E-state index contributed by atoms with van der Waals surface area (Å²) in [6.07, 6.45) is 3.21. The Labute approximate surface area is 113 Å². The predicted molar refractivity (Wildman–Crippen MR) is 69.5 cm³/mol. The summed E-state index contributed by atoms with van der Waals surface area (Å²) in [5, 5.41) is 17.0. The number of halogens is 1. The molecule has 0 atom stereocenters. The lowest BCUT2D eigenvalue weighted by Crippen LogP contribution is -1.88. The molecule has 2 heterocycles. The van der Waals surface area contributed by atoms with Crippen molar-refractivity contribution in [2.24, 2.45) is 0 Å². The zero-order chi connectivity index (χ0) is 13.2. The molecular weight excluding hydrogens is 266 g/mol. The van der Waals surface area contributed by atoms with Crippen LogP contribution in [0.5, 0.6) is 5.75 Å². The molecule has 2 N–H and O–H groups in total. The van der Waals surface area contributed by atoms with Crippen molar-refractivity contribution in [3.8, 4) is 28.8 Å². The monoisotopic (exact) mass is 273 g/mol. The summed E-state index contributed by atoms with van der Waals surface area (Å²) < 4.78 is 0. The third-order valence-corrected chi connectivity index (χ3v) is 2.70. The minimum Gasteiger partial charge on any atom is -0.507 e. The third-order valence-electron chi connectivity index (χ3n) is 2.46. The van der Waals surface area contributed by atoms with Crippen molar-refractivity contribution in [2.75, 3.05) is 0 Å². The zero-order valence-corrected chi connectivity index (χ0v) is 10.3. The fraction of sp³-hybridized carbons (Fsp3) is 0. The molecule has 19 heavy (non-hydrogen) atoms. The van der Waals surface area contributed by atoms with Gasteiger partial charge in [-0.25, -0.2) is 15.0 Å². The van der Waals surface area contributed by atoms with Crippen LogP contribution in [0, 0.1) is 0 Å². The van der Waals surface area contributed by atoms with E-state index in [1.165, 1.54) is 6.07 Å². The lowest BCUT2D eigenvalue weighted by Gasteiger charge is -2.00. The highest BCUT2D eigenvalue weighted by Gasteiger charge is 2.12. The number of aromatic nitrogens is 5. The van der Waals surface area contributed by atoms with Crippen molar-refractivity contribution < 1.29 is 5.11 Å². The summed E-state index contributed by atoms with van der Waals surface area (Å²) >= 11 is 5.89. The van der Waals surface area contributed by atoms with Gasteiger partial charge in [-0.3, -0.25) is 5.10 Å². The molecule has 6 nitrogen and oxygen atoms in total. The molecule has 1 aromatic carbocycles. The standard InChI is InChI=1S/C12H8ClN5O/c13-7-2-3-9(19)8(6-7)10-16-12(18-17-10)11-14-4-1-5-15-11/h1-6,19H,(H,16,17,18). The van der Waals surface area contributed by atoms with E-state index in [1.807, 2.05) is 0 Å². The molecule has 0 saturated carbocycles. The van der Waals surface area contributed by atoms with Crippen LogP contribution >= 0.6 is 11.6 Å². The van der Waals surface area contributed by atoms with Crippen molar-refractivity contribution in [1.29, 1.82) is 0 Å². The van der Waals surface area contributed by atoms with Gasteiger partial charge in [-0.1, -0.05) is 11.6 Å². The molecule has 0 aliphatic carbocycles. The molecule has 0 saturated heterocycles. The fourth-order valence-corrected chi connectivity index (χ4v) is 1.77. The Morgan fingerprint density at radius 1 is 1.11 bits per heavy atom. The molecule has 0 aliphatic rings. The third kappa shape index (κ3) is 2.25. The van der Waals surface area contributed by atoms with E-state index in [-0.39, 0.29) is 5.75 Å². The number of benzene rings is 1. The van der Waals surface area contributed by atoms with E-state index in [0.29, 0.717) is 28.1 Å². The van der Waals surface area contributed by atoms with Crippen molar-refractivity contribution in [2.45, 2.75) is 0 Å². The lowest BCUT2D eigenvalue weighted by atomic mass is 10.2. The van der Waals surface area contributed by atoms with Crippen LogP contribution in [0.3, 0.4) is 0 Å². The van der Waals surface area contributed by atoms with Gasteiger partial charge in [0.2, 0.25) is 5.82 Å². The first-order valence-electron chi connectivity index (χ1n) is 5.43. The highest BCUT2D eigenvalue weighted by molar-refractivity contribution is 6.30. The number of nitrogens with one attached hydrogen (secondary N) is 1. The van der Waals surface area contributed by atoms with Crippen LogP contribution in [0.25, 0.3) is 23.0 Å². The van der Waals surface area contributed by atoms with Crippen LogP contribution in [0.2, 0.25) is 5.02 Å². The van der Waals surface area contributed by atoms with Crippen LogP contribution in [0.15, 0.2) is 36.7 Å². The smallest absolute Gasteiger partial charge is 0.219 e. The summed E-state index contributed by atoms with van der Waals surface area (Å²) in [7, 11) is 0. The van der Waals surface area contributed by atoms with E-state index in [4.69, 9.17) is 11.6 Å². The molecule has 0 unspecified atom stereocenters. The van der Waals surface area contributed by atoms with E-state index in [1.54, 1.807) is 30.6 Å². The minimum atomic E-state index is 0.0704. The topological polar surface area (TPSA) is 87.6 Å². The fourth-order valence-electron chi connectivity index (χ4n) is 1.59. The first-order chi connectivity index (χ1) is 9.24. The summed E-state index contributed by atoms with van der Waals surface area (Å²) in [4.78, 5) is 12.3. The van der Waals surface area contributed by atoms with E-state index >= 15 is 0 Å². The average Bonchev–Trinajstić information content (AvgIpc) is 2.92. The van der Waals surface area contributed by atoms with Gasteiger partial charge in [0.25, 0.3) is 0 Å². The Balaban J connectivity index is 2.04. The summed E-state index contributed by atoms with van der Waals surface area (Å²) in [5.41, 5.74) is 0.474. The molecule has 94 valence electrons. The number of nitrogens with zero attached hydrogens (tertiary/aromatic N) is 4. The number of hydrogen-bond donors (Lipinski definition) is 2. The van der Waals surface area contributed by atoms with Crippen LogP contribution in [0.4, 0.5) is 0 Å². The maximum Gasteiger partial charge on any atom is 0.219 e. The average molecular weight is 274 g/mol. The zero-order valence-electron chi connectivity index (χ0n) is 9.58. The summed E-state index contributed by atoms with van der Waals surface area (Å²) in [5.74, 6) is 1.24. The first kappa shape index (κ1) is 11.6. The molecule has 0 fully saturated rings. The van der Waals surface area contributed by atoms with Gasteiger partial charge < -0.3 is 5.11 Å². The SMILES string of the molecule is Oc1ccc(Cl)cc1-c1nc(-c2ncccn2)n[nH]1. The molecule has 3 aromatic rings. The van der Waals surface area contributed by atoms with Gasteiger partial charge >= 0.3 is 0 Å². The van der Waals surface area contributed by atoms with Crippen LogP contribution < -0.4 is 0 Å². The largest absolute Gasteiger partial charge is 0.507 e. The van der Waals surface area contributed by atoms with Gasteiger partial charge in [-0.2, -0.15) is 0 Å². The van der Waals surface area contributed by atoms with E-state index in [2.05, 4.69) is 25.1 Å². The minimum absolute atomic E-state index is 0.0704. The molecule has 0 spiro atoms. The second-order valence-electron chi connectivity index (χ2n) is 3.74. The first-order valence-corrected chi connectivity index (χ1v) is 5.80. The van der Waals surface area contributed by atoms with E-state index in [0.717, 1.165) is 0 Å². The highest BCUT2D eigenvalue weighted by Crippen LogP contribution is 2.29. The number of H-pyrrole nitrogens is 1. The summed E-state index contributed by atoms with van der Waals surface area (Å²) in [6.45, 7) is 0. The molecule has 7 heteroatoms. The van der Waals surface area contributed by atoms with Gasteiger partial charge in [-0.15, -0.1) is 5.10 Å². The second-order valence-corrected chi connectivity index (χ2v) is 4.18. The van der Waals surface area contributed by atoms with Crippen LogP contribution in [-0.4, -0.2) is 30.3 Å². The Hall–Kier alpha value is -2.47. The van der Waals surface area contributed by atoms with Gasteiger partial charge in [0.1, 0.15) is 5.75 Å². The Morgan fingerprint density at radius 3 is 2.68 bits per heavy atom. The predicted octanol–water partition coefficient (Wildman–Crippen LogP) is 2.29. The summed E-state index contributed by atoms with van der Waals surface area (Å²) in [6, 6.07) is 6.41. The van der Waals surface area contributed by atoms with Crippen molar-refractivity contribution in [1.82, 2.24) is 25.1 Å².